The number of methoxy groups -OCH3 is 1. The van der Waals surface area contributed by atoms with Gasteiger partial charge in [0.2, 0.25) is 0 Å². The highest BCUT2D eigenvalue weighted by atomic mass is 32.1. The first-order valence-corrected chi connectivity index (χ1v) is 6.16. The van der Waals surface area contributed by atoms with Gasteiger partial charge in [-0.2, -0.15) is 0 Å². The van der Waals surface area contributed by atoms with Gasteiger partial charge in [-0.1, -0.05) is 6.92 Å². The van der Waals surface area contributed by atoms with Crippen LogP contribution in [-0.2, 0) is 17.9 Å². The van der Waals surface area contributed by atoms with Crippen molar-refractivity contribution in [3.05, 3.63) is 15.6 Å². The zero-order chi connectivity index (χ0) is 11.3. The highest BCUT2D eigenvalue weighted by molar-refractivity contribution is 7.11. The molecule has 1 atom stereocenters. The van der Waals surface area contributed by atoms with E-state index in [4.69, 9.17) is 4.74 Å². The lowest BCUT2D eigenvalue weighted by Crippen LogP contribution is -2.24. The fraction of sp³-hybridized carbons (Fsp3) is 0.727. The molecule has 1 N–H and O–H groups in total. The second-order valence-electron chi connectivity index (χ2n) is 3.73. The number of aromatic nitrogens is 1. The molecule has 0 bridgehead atoms. The number of hydrogen-bond donors (Lipinski definition) is 1. The average Bonchev–Trinajstić information content (AvgIpc) is 2.56. The van der Waals surface area contributed by atoms with Crippen LogP contribution in [0.25, 0.3) is 0 Å². The van der Waals surface area contributed by atoms with E-state index in [2.05, 4.69) is 24.1 Å². The molecule has 1 heterocycles. The van der Waals surface area contributed by atoms with Crippen LogP contribution in [-0.4, -0.2) is 18.1 Å². The summed E-state index contributed by atoms with van der Waals surface area (Å²) >= 11 is 1.75. The number of aryl methyl sites for hydroxylation is 1. The third kappa shape index (κ3) is 3.89. The molecular formula is C11H20N2OS. The first-order valence-electron chi connectivity index (χ1n) is 5.34. The minimum absolute atomic E-state index is 0.558. The molecule has 0 saturated carbocycles. The summed E-state index contributed by atoms with van der Waals surface area (Å²) in [6, 6.07) is 0.558. The van der Waals surface area contributed by atoms with Crippen molar-refractivity contribution in [3.8, 4) is 0 Å². The second kappa shape index (κ2) is 6.20. The van der Waals surface area contributed by atoms with E-state index in [1.165, 1.54) is 4.88 Å². The monoisotopic (exact) mass is 228 g/mol. The van der Waals surface area contributed by atoms with Gasteiger partial charge in [-0.05, 0) is 20.3 Å². The Morgan fingerprint density at radius 2 is 2.27 bits per heavy atom. The highest BCUT2D eigenvalue weighted by Gasteiger charge is 2.09. The van der Waals surface area contributed by atoms with E-state index in [9.17, 15) is 0 Å². The fourth-order valence-electron chi connectivity index (χ4n) is 1.31. The van der Waals surface area contributed by atoms with Crippen LogP contribution in [0.15, 0.2) is 0 Å². The summed E-state index contributed by atoms with van der Waals surface area (Å²) in [5.74, 6) is 0. The van der Waals surface area contributed by atoms with E-state index >= 15 is 0 Å². The zero-order valence-corrected chi connectivity index (χ0v) is 10.8. The van der Waals surface area contributed by atoms with Gasteiger partial charge >= 0.3 is 0 Å². The van der Waals surface area contributed by atoms with E-state index in [0.29, 0.717) is 12.6 Å². The van der Waals surface area contributed by atoms with E-state index < -0.39 is 0 Å². The summed E-state index contributed by atoms with van der Waals surface area (Å²) in [6.45, 7) is 7.94. The molecule has 0 aliphatic heterocycles. The van der Waals surface area contributed by atoms with Gasteiger partial charge < -0.3 is 10.1 Å². The smallest absolute Gasteiger partial charge is 0.0901 e. The average molecular weight is 228 g/mol. The minimum Gasteiger partial charge on any atom is -0.378 e. The summed E-state index contributed by atoms with van der Waals surface area (Å²) in [5, 5.41) is 4.59. The first kappa shape index (κ1) is 12.6. The number of ether oxygens (including phenoxy) is 1. The van der Waals surface area contributed by atoms with Crippen molar-refractivity contribution in [2.75, 3.05) is 7.11 Å². The summed E-state index contributed by atoms with van der Waals surface area (Å²) < 4.78 is 5.13. The van der Waals surface area contributed by atoms with Crippen molar-refractivity contribution >= 4 is 11.3 Å². The number of thiazole rings is 1. The maximum Gasteiger partial charge on any atom is 0.0901 e. The van der Waals surface area contributed by atoms with E-state index in [0.717, 1.165) is 23.7 Å². The lowest BCUT2D eigenvalue weighted by molar-refractivity contribution is 0.181. The minimum atomic E-state index is 0.558. The van der Waals surface area contributed by atoms with Gasteiger partial charge in [-0.15, -0.1) is 11.3 Å². The largest absolute Gasteiger partial charge is 0.378 e. The molecule has 0 fully saturated rings. The molecule has 1 rings (SSSR count). The molecule has 0 spiro atoms. The molecule has 4 heteroatoms. The van der Waals surface area contributed by atoms with E-state index in [-0.39, 0.29) is 0 Å². The number of rotatable bonds is 6. The molecule has 15 heavy (non-hydrogen) atoms. The van der Waals surface area contributed by atoms with Crippen molar-refractivity contribution in [2.45, 2.75) is 46.4 Å². The molecule has 86 valence electrons. The van der Waals surface area contributed by atoms with Gasteiger partial charge in [-0.25, -0.2) is 4.98 Å². The van der Waals surface area contributed by atoms with Crippen molar-refractivity contribution in [1.29, 1.82) is 0 Å². The first-order chi connectivity index (χ1) is 7.17. The zero-order valence-electron chi connectivity index (χ0n) is 9.96. The summed E-state index contributed by atoms with van der Waals surface area (Å²) in [6.07, 6.45) is 1.15. The topological polar surface area (TPSA) is 34.2 Å². The SMILES string of the molecule is CCC(C)NCc1sc(C)nc1COC. The predicted molar refractivity (Wildman–Crippen MR) is 64.2 cm³/mol. The van der Waals surface area contributed by atoms with Crippen LogP contribution < -0.4 is 5.32 Å². The molecule has 0 aromatic carbocycles. The molecule has 0 saturated heterocycles. The van der Waals surface area contributed by atoms with Crippen LogP contribution in [0.5, 0.6) is 0 Å². The van der Waals surface area contributed by atoms with Crippen LogP contribution in [0.1, 0.15) is 35.8 Å². The van der Waals surface area contributed by atoms with Crippen LogP contribution in [0.2, 0.25) is 0 Å². The van der Waals surface area contributed by atoms with Gasteiger partial charge in [0.15, 0.2) is 0 Å². The Kier molecular flexibility index (Phi) is 5.22. The Morgan fingerprint density at radius 3 is 2.87 bits per heavy atom. The van der Waals surface area contributed by atoms with Crippen LogP contribution >= 0.6 is 11.3 Å². The molecule has 1 aromatic heterocycles. The van der Waals surface area contributed by atoms with Gasteiger partial charge in [0.1, 0.15) is 0 Å². The molecule has 3 nitrogen and oxygen atoms in total. The fourth-order valence-corrected chi connectivity index (χ4v) is 2.20. The molecule has 0 aliphatic rings. The van der Waals surface area contributed by atoms with Crippen LogP contribution in [0.4, 0.5) is 0 Å². The van der Waals surface area contributed by atoms with Crippen LogP contribution in [0.3, 0.4) is 0 Å². The molecule has 1 unspecified atom stereocenters. The van der Waals surface area contributed by atoms with Crippen molar-refractivity contribution in [2.24, 2.45) is 0 Å². The van der Waals surface area contributed by atoms with Crippen molar-refractivity contribution in [3.63, 3.8) is 0 Å². The quantitative estimate of drug-likeness (QED) is 0.812. The molecule has 0 aliphatic carbocycles. The summed E-state index contributed by atoms with van der Waals surface area (Å²) in [4.78, 5) is 5.76. The Labute approximate surface area is 95.9 Å². The normalized spacial score (nSPS) is 13.1. The maximum absolute atomic E-state index is 5.13. The maximum atomic E-state index is 5.13. The summed E-state index contributed by atoms with van der Waals surface area (Å²) in [5.41, 5.74) is 1.08. The number of nitrogens with one attached hydrogen (secondary N) is 1. The Hall–Kier alpha value is -0.450. The molecule has 1 aromatic rings. The lowest BCUT2D eigenvalue weighted by Gasteiger charge is -2.10. The molecule has 0 radical (unpaired) electrons. The predicted octanol–water partition coefficient (Wildman–Crippen LogP) is 2.49. The molecule has 0 amide bonds. The molecular weight excluding hydrogens is 208 g/mol. The third-order valence-corrected chi connectivity index (χ3v) is 3.40. The third-order valence-electron chi connectivity index (χ3n) is 2.39. The van der Waals surface area contributed by atoms with Crippen molar-refractivity contribution < 1.29 is 4.74 Å². The lowest BCUT2D eigenvalue weighted by atomic mass is 10.2. The van der Waals surface area contributed by atoms with Gasteiger partial charge in [-0.3, -0.25) is 0 Å². The standard InChI is InChI=1S/C11H20N2OS/c1-5-8(2)12-6-11-10(7-14-4)13-9(3)15-11/h8,12H,5-7H2,1-4H3. The Morgan fingerprint density at radius 1 is 1.53 bits per heavy atom. The number of nitrogens with zero attached hydrogens (tertiary/aromatic N) is 1. The number of hydrogen-bond acceptors (Lipinski definition) is 4. The van der Waals surface area contributed by atoms with Crippen molar-refractivity contribution in [1.82, 2.24) is 10.3 Å². The second-order valence-corrected chi connectivity index (χ2v) is 5.01. The van der Waals surface area contributed by atoms with E-state index in [1.807, 2.05) is 6.92 Å². The Bertz CT molecular complexity index is 299. The van der Waals surface area contributed by atoms with Crippen LogP contribution in [0, 0.1) is 6.92 Å². The van der Waals surface area contributed by atoms with Gasteiger partial charge in [0.05, 0.1) is 17.3 Å². The Balaban J connectivity index is 2.58. The summed E-state index contributed by atoms with van der Waals surface area (Å²) in [7, 11) is 1.71. The van der Waals surface area contributed by atoms with E-state index in [1.54, 1.807) is 18.4 Å². The van der Waals surface area contributed by atoms with Gasteiger partial charge in [0, 0.05) is 24.6 Å². The highest BCUT2D eigenvalue weighted by Crippen LogP contribution is 2.18. The van der Waals surface area contributed by atoms with Gasteiger partial charge in [0.25, 0.3) is 0 Å².